The monoisotopic (exact) mass is 278 g/mol. The van der Waals surface area contributed by atoms with E-state index in [0.29, 0.717) is 17.5 Å². The number of benzene rings is 2. The molecule has 1 unspecified atom stereocenters. The topological polar surface area (TPSA) is 64.3 Å². The van der Waals surface area contributed by atoms with Crippen LogP contribution in [0.15, 0.2) is 48.5 Å². The number of aliphatic carboxylic acids is 1. The predicted octanol–water partition coefficient (Wildman–Crippen LogP) is 2.53. The van der Waals surface area contributed by atoms with Crippen molar-refractivity contribution in [2.45, 2.75) is 12.0 Å². The first kappa shape index (κ1) is 13.2. The van der Waals surface area contributed by atoms with Crippen LogP contribution in [0.4, 0.5) is 5.69 Å². The van der Waals surface area contributed by atoms with Crippen molar-refractivity contribution in [1.82, 2.24) is 0 Å². The molecule has 0 amide bonds. The van der Waals surface area contributed by atoms with Gasteiger partial charge >= 0.3 is 5.97 Å². The highest BCUT2D eigenvalue weighted by Crippen LogP contribution is 2.44. The van der Waals surface area contributed by atoms with Gasteiger partial charge in [0.25, 0.3) is 0 Å². The molecule has 1 heterocycles. The average Bonchev–Trinajstić information content (AvgIpc) is 2.82. The summed E-state index contributed by atoms with van der Waals surface area (Å²) in [6.07, 6.45) is 0.418. The highest BCUT2D eigenvalue weighted by Gasteiger charge is 2.49. The second-order valence-corrected chi connectivity index (χ2v) is 5.22. The van der Waals surface area contributed by atoms with Crippen molar-refractivity contribution in [3.8, 4) is 6.07 Å². The third-order valence-electron chi connectivity index (χ3n) is 4.22. The maximum atomic E-state index is 12.1. The molecule has 4 heteroatoms. The fourth-order valence-corrected chi connectivity index (χ4v) is 3.05. The van der Waals surface area contributed by atoms with Gasteiger partial charge in [-0.3, -0.25) is 0 Å². The fourth-order valence-electron chi connectivity index (χ4n) is 3.05. The van der Waals surface area contributed by atoms with E-state index >= 15 is 0 Å². The smallest absolute Gasteiger partial charge is 0.334 e. The molecule has 21 heavy (non-hydrogen) atoms. The van der Waals surface area contributed by atoms with Crippen molar-refractivity contribution in [3.63, 3.8) is 0 Å². The summed E-state index contributed by atoms with van der Waals surface area (Å²) in [5, 5.41) is 18.8. The number of nitriles is 1. The van der Waals surface area contributed by atoms with Crippen LogP contribution in [0.3, 0.4) is 0 Å². The van der Waals surface area contributed by atoms with Gasteiger partial charge in [0.1, 0.15) is 0 Å². The lowest BCUT2D eigenvalue weighted by atomic mass is 9.86. The van der Waals surface area contributed by atoms with Crippen LogP contribution in [-0.2, 0) is 16.8 Å². The Kier molecular flexibility index (Phi) is 2.91. The number of fused-ring (bicyclic) bond motifs is 1. The molecule has 1 atom stereocenters. The number of likely N-dealkylation sites (N-methyl/N-ethyl adjacent to an activating group) is 1. The van der Waals surface area contributed by atoms with Crippen LogP contribution in [0.2, 0.25) is 0 Å². The summed E-state index contributed by atoms with van der Waals surface area (Å²) in [4.78, 5) is 13.9. The number of para-hydroxylation sites is 1. The zero-order chi connectivity index (χ0) is 15.0. The van der Waals surface area contributed by atoms with Crippen LogP contribution in [0, 0.1) is 11.3 Å². The molecule has 0 aromatic heterocycles. The highest BCUT2D eigenvalue weighted by atomic mass is 16.4. The lowest BCUT2D eigenvalue weighted by Crippen LogP contribution is -2.48. The molecule has 3 rings (SSSR count). The van der Waals surface area contributed by atoms with Gasteiger partial charge in [-0.1, -0.05) is 30.3 Å². The molecule has 0 aliphatic carbocycles. The molecule has 0 saturated heterocycles. The van der Waals surface area contributed by atoms with E-state index in [-0.39, 0.29) is 0 Å². The third kappa shape index (κ3) is 1.78. The normalized spacial score (nSPS) is 19.9. The number of hydrogen-bond donors (Lipinski definition) is 1. The second-order valence-electron chi connectivity index (χ2n) is 5.22. The van der Waals surface area contributed by atoms with Gasteiger partial charge in [0.05, 0.1) is 11.6 Å². The van der Waals surface area contributed by atoms with E-state index in [1.54, 1.807) is 31.3 Å². The van der Waals surface area contributed by atoms with Crippen molar-refractivity contribution < 1.29 is 9.90 Å². The summed E-state index contributed by atoms with van der Waals surface area (Å²) in [7, 11) is 1.80. The Morgan fingerprint density at radius 2 is 1.90 bits per heavy atom. The number of nitrogens with zero attached hydrogens (tertiary/aromatic N) is 2. The number of carbonyl (C=O) groups is 1. The molecular formula is C17H14N2O2. The molecule has 0 fully saturated rings. The first-order chi connectivity index (χ1) is 10.1. The Morgan fingerprint density at radius 3 is 2.48 bits per heavy atom. The van der Waals surface area contributed by atoms with E-state index in [2.05, 4.69) is 6.07 Å². The Morgan fingerprint density at radius 1 is 1.24 bits per heavy atom. The van der Waals surface area contributed by atoms with E-state index in [9.17, 15) is 9.90 Å². The van der Waals surface area contributed by atoms with Crippen molar-refractivity contribution >= 4 is 11.7 Å². The number of rotatable bonds is 2. The summed E-state index contributed by atoms with van der Waals surface area (Å²) in [6, 6.07) is 16.6. The van der Waals surface area contributed by atoms with Crippen LogP contribution in [0.5, 0.6) is 0 Å². The molecule has 4 nitrogen and oxygen atoms in total. The van der Waals surface area contributed by atoms with Gasteiger partial charge in [-0.2, -0.15) is 5.26 Å². The van der Waals surface area contributed by atoms with Crippen LogP contribution in [0.1, 0.15) is 16.7 Å². The fraction of sp³-hybridized carbons (Fsp3) is 0.176. The number of hydrogen-bond acceptors (Lipinski definition) is 3. The Hall–Kier alpha value is -2.80. The Bertz CT molecular complexity index is 746. The standard InChI is InChI=1S/C17H14N2O2/c1-19-15-5-3-2-4-13(15)10-17(19,16(20)21)14-8-6-12(11-18)7-9-14/h2-9H,10H2,1H3,(H,20,21). The first-order valence-corrected chi connectivity index (χ1v) is 6.65. The molecular weight excluding hydrogens is 264 g/mol. The summed E-state index contributed by atoms with van der Waals surface area (Å²) in [5.41, 5.74) is 2.05. The second kappa shape index (κ2) is 4.64. The lowest BCUT2D eigenvalue weighted by Gasteiger charge is -2.34. The molecule has 1 N–H and O–H groups in total. The quantitative estimate of drug-likeness (QED) is 0.916. The van der Waals surface area contributed by atoms with Gasteiger partial charge in [0.15, 0.2) is 5.54 Å². The van der Waals surface area contributed by atoms with Crippen LogP contribution >= 0.6 is 0 Å². The molecule has 2 aromatic carbocycles. The molecule has 2 aromatic rings. The minimum absolute atomic E-state index is 0.418. The summed E-state index contributed by atoms with van der Waals surface area (Å²) >= 11 is 0. The average molecular weight is 278 g/mol. The van der Waals surface area contributed by atoms with Crippen molar-refractivity contribution in [2.24, 2.45) is 0 Å². The number of carboxylic acids is 1. The van der Waals surface area contributed by atoms with Crippen molar-refractivity contribution in [1.29, 1.82) is 5.26 Å². The molecule has 0 bridgehead atoms. The van der Waals surface area contributed by atoms with Crippen molar-refractivity contribution in [2.75, 3.05) is 11.9 Å². The van der Waals surface area contributed by atoms with Crippen LogP contribution < -0.4 is 4.90 Å². The van der Waals surface area contributed by atoms with Gasteiger partial charge in [-0.05, 0) is 29.3 Å². The van der Waals surface area contributed by atoms with Crippen molar-refractivity contribution in [3.05, 3.63) is 65.2 Å². The van der Waals surface area contributed by atoms with E-state index in [0.717, 1.165) is 11.3 Å². The molecule has 0 radical (unpaired) electrons. The number of anilines is 1. The van der Waals surface area contributed by atoms with E-state index in [1.807, 2.05) is 29.2 Å². The maximum absolute atomic E-state index is 12.1. The van der Waals surface area contributed by atoms with E-state index < -0.39 is 11.5 Å². The summed E-state index contributed by atoms with van der Waals surface area (Å²) in [5.74, 6) is -0.883. The Labute approximate surface area is 122 Å². The van der Waals surface area contributed by atoms with E-state index in [1.165, 1.54) is 0 Å². The first-order valence-electron chi connectivity index (χ1n) is 6.65. The molecule has 0 saturated carbocycles. The van der Waals surface area contributed by atoms with Crippen LogP contribution in [-0.4, -0.2) is 18.1 Å². The predicted molar refractivity (Wildman–Crippen MR) is 79.0 cm³/mol. The largest absolute Gasteiger partial charge is 0.479 e. The molecule has 104 valence electrons. The lowest BCUT2D eigenvalue weighted by molar-refractivity contribution is -0.143. The zero-order valence-electron chi connectivity index (χ0n) is 11.6. The molecule has 0 spiro atoms. The highest BCUT2D eigenvalue weighted by molar-refractivity contribution is 5.89. The van der Waals surface area contributed by atoms with Gasteiger partial charge in [-0.15, -0.1) is 0 Å². The Balaban J connectivity index is 2.15. The molecule has 1 aliphatic heterocycles. The van der Waals surface area contributed by atoms with Gasteiger partial charge in [-0.25, -0.2) is 4.79 Å². The minimum atomic E-state index is -1.11. The SMILES string of the molecule is CN1c2ccccc2CC1(C(=O)O)c1ccc(C#N)cc1. The summed E-state index contributed by atoms with van der Waals surface area (Å²) < 4.78 is 0. The van der Waals surface area contributed by atoms with Gasteiger partial charge in [0, 0.05) is 19.2 Å². The maximum Gasteiger partial charge on any atom is 0.334 e. The summed E-state index contributed by atoms with van der Waals surface area (Å²) in [6.45, 7) is 0. The van der Waals surface area contributed by atoms with Crippen LogP contribution in [0.25, 0.3) is 0 Å². The van der Waals surface area contributed by atoms with Gasteiger partial charge in [0.2, 0.25) is 0 Å². The number of carboxylic acid groups (broad SMARTS) is 1. The molecule has 1 aliphatic rings. The third-order valence-corrected chi connectivity index (χ3v) is 4.22. The van der Waals surface area contributed by atoms with E-state index in [4.69, 9.17) is 5.26 Å². The van der Waals surface area contributed by atoms with Gasteiger partial charge < -0.3 is 10.0 Å². The minimum Gasteiger partial charge on any atom is -0.479 e. The zero-order valence-corrected chi connectivity index (χ0v) is 11.6.